The summed E-state index contributed by atoms with van der Waals surface area (Å²) < 4.78 is 28.8. The van der Waals surface area contributed by atoms with E-state index in [-0.39, 0.29) is 5.84 Å². The van der Waals surface area contributed by atoms with E-state index in [0.717, 1.165) is 72.0 Å². The van der Waals surface area contributed by atoms with Gasteiger partial charge in [0, 0.05) is 99.0 Å². The maximum Gasteiger partial charge on any atom is 0.814 e. The molecule has 0 fully saturated rings. The molecule has 5 aromatic heterocycles. The third-order valence-corrected chi connectivity index (χ3v) is 20.5. The Labute approximate surface area is 463 Å². The number of fused-ring (bicyclic) bond motifs is 11. The zero-order valence-electron chi connectivity index (χ0n) is 42.3. The molecule has 0 saturated heterocycles. The highest BCUT2D eigenvalue weighted by molar-refractivity contribution is 7.75. The lowest BCUT2D eigenvalue weighted by atomic mass is 9.99. The summed E-state index contributed by atoms with van der Waals surface area (Å²) in [6.07, 6.45) is 16.2. The van der Waals surface area contributed by atoms with Crippen LogP contribution in [0.1, 0.15) is 33.4 Å². The third-order valence-electron chi connectivity index (χ3n) is 14.8. The van der Waals surface area contributed by atoms with Gasteiger partial charge in [0.2, 0.25) is 7.37 Å². The van der Waals surface area contributed by atoms with Gasteiger partial charge in [0.1, 0.15) is 17.5 Å². The van der Waals surface area contributed by atoms with Crippen molar-refractivity contribution >= 4 is 84.5 Å². The molecule has 4 aliphatic rings. The summed E-state index contributed by atoms with van der Waals surface area (Å²) in [7, 11) is -4.06. The second-order valence-corrected chi connectivity index (χ2v) is 24.1. The summed E-state index contributed by atoms with van der Waals surface area (Å²) in [5, 5.41) is 12.1. The van der Waals surface area contributed by atoms with Gasteiger partial charge in [-0.2, -0.15) is 0 Å². The predicted octanol–water partition coefficient (Wildman–Crippen LogP) is 11.8. The van der Waals surface area contributed by atoms with Crippen LogP contribution in [0.3, 0.4) is 0 Å². The Morgan fingerprint density at radius 1 is 0.450 bits per heavy atom. The van der Waals surface area contributed by atoms with Gasteiger partial charge in [-0.3, -0.25) is 29.9 Å². The highest BCUT2D eigenvalue weighted by Crippen LogP contribution is 2.49. The lowest BCUT2D eigenvalue weighted by molar-refractivity contribution is 0.483. The molecular weight excluding hydrogens is 1030 g/mol. The molecule has 15 rings (SSSR count). The largest absolute Gasteiger partial charge is 0.814 e. The van der Waals surface area contributed by atoms with Crippen LogP contribution < -0.4 is 10.6 Å². The summed E-state index contributed by atoms with van der Waals surface area (Å²) in [5.41, 5.74) is 11.9. The van der Waals surface area contributed by atoms with Crippen LogP contribution in [0.15, 0.2) is 263 Å². The van der Waals surface area contributed by atoms with Crippen molar-refractivity contribution in [1.82, 2.24) is 27.4 Å². The lowest BCUT2D eigenvalue weighted by Gasteiger charge is -2.31. The number of pyridine rings is 4. The average Bonchev–Trinajstić information content (AvgIpc) is 4.45. The van der Waals surface area contributed by atoms with Crippen LogP contribution >= 0.6 is 7.37 Å². The smallest absolute Gasteiger partial charge is 0.410 e. The minimum absolute atomic E-state index is 0.0734. The van der Waals surface area contributed by atoms with E-state index in [1.807, 2.05) is 127 Å². The second-order valence-electron chi connectivity index (χ2n) is 19.4. The minimum Gasteiger partial charge on any atom is -0.410 e. The van der Waals surface area contributed by atoms with Gasteiger partial charge in [0.15, 0.2) is 23.3 Å². The number of hydrogen-bond acceptors (Lipinski definition) is 11. The molecule has 9 heterocycles. The Kier molecular flexibility index (Phi) is 11.3. The Hall–Kier alpha value is -10.00. The van der Waals surface area contributed by atoms with Crippen molar-refractivity contribution in [2.45, 2.75) is 0 Å². The van der Waals surface area contributed by atoms with Gasteiger partial charge in [0.05, 0.1) is 0 Å². The summed E-state index contributed by atoms with van der Waals surface area (Å²) in [6, 6.07) is 59.3. The number of nitrogens with one attached hydrogen (secondary N) is 1. The molecule has 0 unspecified atom stereocenters. The van der Waals surface area contributed by atoms with E-state index in [0.29, 0.717) is 62.3 Å². The van der Waals surface area contributed by atoms with Gasteiger partial charge >= 0.3 is 14.9 Å². The van der Waals surface area contributed by atoms with Gasteiger partial charge in [-0.1, -0.05) is 66.7 Å². The van der Waals surface area contributed by atoms with E-state index in [9.17, 15) is 5.41 Å². The van der Waals surface area contributed by atoms with Gasteiger partial charge in [0.25, 0.3) is 0 Å². The topological polar surface area (TPSA) is 172 Å². The Morgan fingerprint density at radius 2 is 0.938 bits per heavy atom. The normalized spacial score (nSPS) is 15.3. The number of hydrogen-bond donors (Lipinski definition) is 1. The number of nitrogens with zero attached hydrogens (tertiary/aromatic N) is 11. The lowest BCUT2D eigenvalue weighted by Crippen LogP contribution is -2.51. The number of aromatic nitrogens is 5. The maximum absolute atomic E-state index is 16.9. The van der Waals surface area contributed by atoms with Gasteiger partial charge in [-0.05, 0) is 171 Å². The SMILES string of the molecule is N=C1N=C(N=C2c3cc(-c4ccncc4)ccc3C3=NC4=N/C(=N\c5c6cc(-c7ccncc7)ccc6c[n]5[Al]([O]P(=O)(c5ccccc5)c5ccccc5)[N]23)c2ccc(-c3ccncc3)cc24)c2ccc(-c3ccncc3)cc21. The number of benzene rings is 6. The Morgan fingerprint density at radius 3 is 1.51 bits per heavy atom. The quantitative estimate of drug-likeness (QED) is 0.116. The molecule has 6 aromatic carbocycles. The molecule has 14 nitrogen and oxygen atoms in total. The molecule has 0 saturated carbocycles. The fourth-order valence-electron chi connectivity index (χ4n) is 10.9. The molecule has 16 heteroatoms. The number of amidine groups is 6. The molecule has 0 spiro atoms. The van der Waals surface area contributed by atoms with Crippen molar-refractivity contribution in [3.05, 3.63) is 271 Å². The molecule has 376 valence electrons. The summed E-state index contributed by atoms with van der Waals surface area (Å²) in [4.78, 5) is 44.4. The highest BCUT2D eigenvalue weighted by Gasteiger charge is 2.53. The first-order valence-electron chi connectivity index (χ1n) is 25.8. The Balaban J connectivity index is 1.04. The van der Waals surface area contributed by atoms with Crippen molar-refractivity contribution in [1.29, 1.82) is 5.41 Å². The molecular formula is C64H40AlN12O2P. The molecule has 0 aliphatic carbocycles. The van der Waals surface area contributed by atoms with Crippen molar-refractivity contribution in [3.8, 4) is 44.5 Å². The molecule has 4 aliphatic heterocycles. The van der Waals surface area contributed by atoms with Crippen LogP contribution in [0.25, 0.3) is 55.3 Å². The van der Waals surface area contributed by atoms with E-state index in [2.05, 4.69) is 88.2 Å². The first kappa shape index (κ1) is 47.2. The zero-order valence-corrected chi connectivity index (χ0v) is 44.3. The van der Waals surface area contributed by atoms with Crippen LogP contribution in [0, 0.1) is 5.41 Å². The molecule has 2 bridgehead atoms. The maximum atomic E-state index is 16.9. The van der Waals surface area contributed by atoms with Crippen molar-refractivity contribution in [2.75, 3.05) is 0 Å². The number of aliphatic imine (C=N–C) groups is 5. The first-order valence-corrected chi connectivity index (χ1v) is 29.0. The van der Waals surface area contributed by atoms with Crippen LogP contribution in [-0.2, 0) is 8.14 Å². The van der Waals surface area contributed by atoms with Gasteiger partial charge in [-0.15, -0.1) is 0 Å². The van der Waals surface area contributed by atoms with E-state index >= 15 is 4.57 Å². The molecule has 1 N–H and O–H groups in total. The predicted molar refractivity (Wildman–Crippen MR) is 317 cm³/mol. The molecule has 80 heavy (non-hydrogen) atoms. The zero-order chi connectivity index (χ0) is 53.3. The fraction of sp³-hybridized carbons (Fsp3) is 0. The molecule has 11 aromatic rings. The van der Waals surface area contributed by atoms with E-state index < -0.39 is 22.3 Å². The van der Waals surface area contributed by atoms with E-state index in [4.69, 9.17) is 28.5 Å². The van der Waals surface area contributed by atoms with Crippen molar-refractivity contribution in [3.63, 3.8) is 0 Å². The standard InChI is InChI=1S/C52H30N12.C12H11O2P.Al/c53-46-43-26-35(31-11-19-55-20-12-31)3-6-39(43)48(59-46)61-51-45-28-37(33-15-23-57-24-16-33)5-8-41(45)50(63-51)64-52-44-27-36(32-13-21-56-22-14-32)4-7-40(44)49(62-52)60-47-42-25-34(1-2-38(42)29-58-47)30-9-17-54-18-10-30;13-15(14,11-7-3-1-4-8-11)12-9-5-2-6-10-12;/h1-29H,(H-,53,59,60,61,62,63,64);1-10H,(H,13,14);/q-2;;+3/p-1. The van der Waals surface area contributed by atoms with Crippen LogP contribution in [0.5, 0.6) is 0 Å². The molecule has 0 amide bonds. The minimum atomic E-state index is -4.06. The second kappa shape index (κ2) is 19.2. The molecule has 0 radical (unpaired) electrons. The monoisotopic (exact) mass is 1070 g/mol. The summed E-state index contributed by atoms with van der Waals surface area (Å²) in [6.45, 7) is 0. The van der Waals surface area contributed by atoms with Crippen LogP contribution in [-0.4, -0.2) is 77.3 Å². The first-order chi connectivity index (χ1) is 39.4. The summed E-state index contributed by atoms with van der Waals surface area (Å²) >= 11 is -3.69. The van der Waals surface area contributed by atoms with Crippen molar-refractivity contribution < 1.29 is 8.14 Å². The Bertz CT molecular complexity index is 4510. The van der Waals surface area contributed by atoms with Gasteiger partial charge in [-0.25, -0.2) is 25.0 Å². The fourth-order valence-corrected chi connectivity index (χ4v) is 16.9. The highest BCUT2D eigenvalue weighted by atomic mass is 31.2. The van der Waals surface area contributed by atoms with Crippen LogP contribution in [0.4, 0.5) is 5.82 Å². The third kappa shape index (κ3) is 8.03. The average molecular weight is 1070 g/mol. The van der Waals surface area contributed by atoms with Gasteiger partial charge < -0.3 is 11.0 Å². The molecule has 0 atom stereocenters. The van der Waals surface area contributed by atoms with E-state index in [1.54, 1.807) is 49.6 Å². The van der Waals surface area contributed by atoms with E-state index in [1.165, 1.54) is 0 Å². The number of rotatable bonds is 8. The van der Waals surface area contributed by atoms with Crippen LogP contribution in [0.2, 0.25) is 0 Å². The summed E-state index contributed by atoms with van der Waals surface area (Å²) in [5.74, 6) is 2.76. The van der Waals surface area contributed by atoms with Crippen molar-refractivity contribution in [2.24, 2.45) is 25.0 Å².